The van der Waals surface area contributed by atoms with Gasteiger partial charge in [-0.3, -0.25) is 4.79 Å². The Hall–Kier alpha value is -1.45. The highest BCUT2D eigenvalue weighted by Gasteiger charge is 2.17. The van der Waals surface area contributed by atoms with Crippen LogP contribution in [-0.4, -0.2) is 14.2 Å². The molecule has 0 fully saturated rings. The zero-order valence-electron chi connectivity index (χ0n) is 11.0. The van der Waals surface area contributed by atoms with E-state index in [9.17, 15) is 4.79 Å². The summed E-state index contributed by atoms with van der Waals surface area (Å²) in [5.41, 5.74) is -0.231. The van der Waals surface area contributed by atoms with Gasteiger partial charge in [-0.25, -0.2) is 0 Å². The molecule has 1 aromatic rings. The molecular weight excluding hydrogens is 220 g/mol. The minimum Gasteiger partial charge on any atom is -0.490 e. The largest absolute Gasteiger partial charge is 0.490 e. The average Bonchev–Trinajstić information content (AvgIpc) is 2.30. The van der Waals surface area contributed by atoms with Crippen molar-refractivity contribution in [2.75, 3.05) is 14.2 Å². The van der Waals surface area contributed by atoms with Crippen molar-refractivity contribution in [3.63, 3.8) is 0 Å². The summed E-state index contributed by atoms with van der Waals surface area (Å²) in [5.74, 6) is 1.61. The molecule has 0 amide bonds. The molecule has 1 heterocycles. The van der Waals surface area contributed by atoms with Gasteiger partial charge >= 0.3 is 0 Å². The average molecular weight is 240 g/mol. The summed E-state index contributed by atoms with van der Waals surface area (Å²) in [5, 5.41) is 0. The molecule has 0 aliphatic rings. The quantitative estimate of drug-likeness (QED) is 0.717. The van der Waals surface area contributed by atoms with Gasteiger partial charge in [0.1, 0.15) is 11.5 Å². The van der Waals surface area contributed by atoms with Crippen molar-refractivity contribution in [1.29, 1.82) is 0 Å². The zero-order chi connectivity index (χ0) is 12.8. The maximum Gasteiger partial charge on any atom is 0.269 e. The van der Waals surface area contributed by atoms with Gasteiger partial charge in [0, 0.05) is 6.42 Å². The van der Waals surface area contributed by atoms with E-state index in [0.717, 1.165) is 25.7 Å². The fraction of sp³-hybridized carbons (Fsp3) is 0.615. The van der Waals surface area contributed by atoms with Crippen LogP contribution < -0.4 is 14.9 Å². The highest BCUT2D eigenvalue weighted by atomic mass is 16.5. The SMILES string of the molecule is CCCCCc1oc(C)c(OC)c(=O)c1OC. The van der Waals surface area contributed by atoms with Crippen LogP contribution in [0.5, 0.6) is 11.5 Å². The fourth-order valence-electron chi connectivity index (χ4n) is 1.81. The first kappa shape index (κ1) is 13.6. The molecule has 0 bridgehead atoms. The van der Waals surface area contributed by atoms with Crippen molar-refractivity contribution < 1.29 is 13.9 Å². The summed E-state index contributed by atoms with van der Waals surface area (Å²) in [6.45, 7) is 3.86. The molecule has 4 heteroatoms. The van der Waals surface area contributed by atoms with Crippen LogP contribution in [0, 0.1) is 6.92 Å². The van der Waals surface area contributed by atoms with E-state index >= 15 is 0 Å². The van der Waals surface area contributed by atoms with Crippen molar-refractivity contribution in [3.05, 3.63) is 21.7 Å². The lowest BCUT2D eigenvalue weighted by Crippen LogP contribution is -2.12. The number of hydrogen-bond acceptors (Lipinski definition) is 4. The number of rotatable bonds is 6. The fourth-order valence-corrected chi connectivity index (χ4v) is 1.81. The maximum absolute atomic E-state index is 12.0. The van der Waals surface area contributed by atoms with Crippen LogP contribution in [0.2, 0.25) is 0 Å². The molecule has 4 nitrogen and oxygen atoms in total. The first-order valence-electron chi connectivity index (χ1n) is 5.90. The molecule has 0 N–H and O–H groups in total. The van der Waals surface area contributed by atoms with Crippen LogP contribution in [0.15, 0.2) is 9.21 Å². The zero-order valence-corrected chi connectivity index (χ0v) is 11.0. The van der Waals surface area contributed by atoms with Crippen molar-refractivity contribution in [2.24, 2.45) is 0 Å². The lowest BCUT2D eigenvalue weighted by Gasteiger charge is -2.10. The summed E-state index contributed by atoms with van der Waals surface area (Å²) in [6.07, 6.45) is 3.94. The second kappa shape index (κ2) is 6.33. The lowest BCUT2D eigenvalue weighted by molar-refractivity contribution is 0.325. The molecule has 0 aliphatic heterocycles. The van der Waals surface area contributed by atoms with E-state index in [-0.39, 0.29) is 16.9 Å². The number of aryl methyl sites for hydroxylation is 2. The van der Waals surface area contributed by atoms with E-state index in [4.69, 9.17) is 13.9 Å². The standard InChI is InChI=1S/C13H20O4/c1-5-6-7-8-10-13(16-4)11(14)12(15-3)9(2)17-10/h5-8H2,1-4H3. The summed E-state index contributed by atoms with van der Waals surface area (Å²) < 4.78 is 15.7. The third-order valence-electron chi connectivity index (χ3n) is 2.68. The number of hydrogen-bond donors (Lipinski definition) is 0. The third-order valence-corrected chi connectivity index (χ3v) is 2.68. The Bertz CT molecular complexity index is 420. The smallest absolute Gasteiger partial charge is 0.269 e. The topological polar surface area (TPSA) is 48.7 Å². The first-order valence-corrected chi connectivity index (χ1v) is 5.90. The Morgan fingerprint density at radius 3 is 2.29 bits per heavy atom. The predicted molar refractivity (Wildman–Crippen MR) is 66.0 cm³/mol. The molecule has 96 valence electrons. The predicted octanol–water partition coefficient (Wildman–Crippen LogP) is 2.70. The molecule has 1 aromatic heterocycles. The van der Waals surface area contributed by atoms with Crippen LogP contribution in [0.1, 0.15) is 37.7 Å². The highest BCUT2D eigenvalue weighted by molar-refractivity contribution is 5.36. The molecule has 0 unspecified atom stereocenters. The van der Waals surface area contributed by atoms with E-state index in [0.29, 0.717) is 11.5 Å². The van der Waals surface area contributed by atoms with E-state index in [1.54, 1.807) is 6.92 Å². The first-order chi connectivity index (χ1) is 8.15. The van der Waals surface area contributed by atoms with E-state index in [1.165, 1.54) is 14.2 Å². The van der Waals surface area contributed by atoms with Gasteiger partial charge in [-0.05, 0) is 13.3 Å². The van der Waals surface area contributed by atoms with Crippen LogP contribution >= 0.6 is 0 Å². The Balaban J connectivity index is 3.09. The summed E-state index contributed by atoms with van der Waals surface area (Å²) in [7, 11) is 2.93. The Labute approximate surface area is 102 Å². The lowest BCUT2D eigenvalue weighted by atomic mass is 10.1. The van der Waals surface area contributed by atoms with E-state index < -0.39 is 0 Å². The van der Waals surface area contributed by atoms with Crippen molar-refractivity contribution in [2.45, 2.75) is 39.5 Å². The molecule has 0 aliphatic carbocycles. The van der Waals surface area contributed by atoms with Gasteiger partial charge in [-0.15, -0.1) is 0 Å². The molecule has 0 saturated heterocycles. The van der Waals surface area contributed by atoms with Gasteiger partial charge in [0.25, 0.3) is 5.43 Å². The van der Waals surface area contributed by atoms with E-state index in [2.05, 4.69) is 6.92 Å². The second-order valence-corrected chi connectivity index (χ2v) is 3.93. The highest BCUT2D eigenvalue weighted by Crippen LogP contribution is 2.23. The Kier molecular flexibility index (Phi) is 5.07. The molecule has 0 aromatic carbocycles. The third kappa shape index (κ3) is 3.02. The summed E-state index contributed by atoms with van der Waals surface area (Å²) in [6, 6.07) is 0. The Morgan fingerprint density at radius 2 is 1.76 bits per heavy atom. The molecule has 1 rings (SSSR count). The van der Waals surface area contributed by atoms with Crippen LogP contribution in [0.3, 0.4) is 0 Å². The van der Waals surface area contributed by atoms with Gasteiger partial charge in [0.15, 0.2) is 0 Å². The molecular formula is C13H20O4. The molecule has 0 radical (unpaired) electrons. The summed E-state index contributed by atoms with van der Waals surface area (Å²) >= 11 is 0. The minimum absolute atomic E-state index is 0.223. The van der Waals surface area contributed by atoms with Gasteiger partial charge in [-0.1, -0.05) is 19.8 Å². The monoisotopic (exact) mass is 240 g/mol. The van der Waals surface area contributed by atoms with Crippen LogP contribution in [-0.2, 0) is 6.42 Å². The minimum atomic E-state index is -0.231. The maximum atomic E-state index is 12.0. The molecule has 0 saturated carbocycles. The number of ether oxygens (including phenoxy) is 2. The van der Waals surface area contributed by atoms with Gasteiger partial charge in [0.2, 0.25) is 11.5 Å². The van der Waals surface area contributed by atoms with Crippen LogP contribution in [0.4, 0.5) is 0 Å². The van der Waals surface area contributed by atoms with Crippen LogP contribution in [0.25, 0.3) is 0 Å². The van der Waals surface area contributed by atoms with Crippen molar-refractivity contribution in [1.82, 2.24) is 0 Å². The Morgan fingerprint density at radius 1 is 1.12 bits per heavy atom. The number of methoxy groups -OCH3 is 2. The molecule has 0 atom stereocenters. The van der Waals surface area contributed by atoms with E-state index in [1.807, 2.05) is 0 Å². The van der Waals surface area contributed by atoms with Crippen molar-refractivity contribution >= 4 is 0 Å². The number of unbranched alkanes of at least 4 members (excludes halogenated alkanes) is 2. The normalized spacial score (nSPS) is 10.4. The van der Waals surface area contributed by atoms with Gasteiger partial charge in [0.05, 0.1) is 14.2 Å². The second-order valence-electron chi connectivity index (χ2n) is 3.93. The van der Waals surface area contributed by atoms with Gasteiger partial charge < -0.3 is 13.9 Å². The van der Waals surface area contributed by atoms with Gasteiger partial charge in [-0.2, -0.15) is 0 Å². The summed E-state index contributed by atoms with van der Waals surface area (Å²) in [4.78, 5) is 12.0. The molecule has 0 spiro atoms. The van der Waals surface area contributed by atoms with Crippen molar-refractivity contribution in [3.8, 4) is 11.5 Å². The molecule has 17 heavy (non-hydrogen) atoms.